The second-order valence-electron chi connectivity index (χ2n) is 6.37. The molecule has 0 saturated heterocycles. The molecule has 2 heterocycles. The van der Waals surface area contributed by atoms with E-state index in [1.807, 2.05) is 65.8 Å². The summed E-state index contributed by atoms with van der Waals surface area (Å²) in [5.74, 6) is 1.53. The van der Waals surface area contributed by atoms with E-state index >= 15 is 0 Å². The van der Waals surface area contributed by atoms with Gasteiger partial charge in [0.2, 0.25) is 0 Å². The Morgan fingerprint density at radius 3 is 2.37 bits per heavy atom. The molecular weight excluding hydrogens is 334 g/mol. The smallest absolute Gasteiger partial charge is 0.184 e. The highest BCUT2D eigenvalue weighted by molar-refractivity contribution is 6.11. The normalized spacial score (nSPS) is 12.4. The van der Waals surface area contributed by atoms with Crippen molar-refractivity contribution >= 4 is 34.3 Å². The van der Waals surface area contributed by atoms with E-state index in [1.54, 1.807) is 0 Å². The molecule has 3 aromatic carbocycles. The van der Waals surface area contributed by atoms with E-state index < -0.39 is 0 Å². The quantitative estimate of drug-likeness (QED) is 0.578. The van der Waals surface area contributed by atoms with Crippen molar-refractivity contribution in [3.05, 3.63) is 90.0 Å². The second-order valence-corrected chi connectivity index (χ2v) is 6.37. The van der Waals surface area contributed by atoms with Gasteiger partial charge in [-0.25, -0.2) is 5.01 Å². The van der Waals surface area contributed by atoms with Crippen LogP contribution in [-0.4, -0.2) is 16.4 Å². The maximum Gasteiger partial charge on any atom is 0.184 e. The highest BCUT2D eigenvalue weighted by Crippen LogP contribution is 2.37. The highest BCUT2D eigenvalue weighted by Gasteiger charge is 2.21. The van der Waals surface area contributed by atoms with Crippen LogP contribution in [0.3, 0.4) is 0 Å². The molecule has 5 rings (SSSR count). The first-order chi connectivity index (χ1) is 13.4. The molecule has 1 aliphatic heterocycles. The van der Waals surface area contributed by atoms with Gasteiger partial charge in [0.05, 0.1) is 11.9 Å². The molecule has 130 valence electrons. The van der Waals surface area contributed by atoms with Crippen LogP contribution < -0.4 is 10.3 Å². The predicted octanol–water partition coefficient (Wildman–Crippen LogP) is 4.73. The maximum atomic E-state index is 4.57. The van der Waals surface area contributed by atoms with E-state index in [0.29, 0.717) is 6.54 Å². The molecule has 0 spiro atoms. The monoisotopic (exact) mass is 351 g/mol. The SMILES string of the molecule is C1=NN(c2ccccc2)c2nnc(NCc3ccccc3)c3cccc1c23. The minimum atomic E-state index is 0.699. The summed E-state index contributed by atoms with van der Waals surface area (Å²) in [6, 6.07) is 26.4. The third-order valence-electron chi connectivity index (χ3n) is 4.64. The van der Waals surface area contributed by atoms with Gasteiger partial charge in [0.25, 0.3) is 0 Å². The molecule has 0 aliphatic carbocycles. The van der Waals surface area contributed by atoms with Gasteiger partial charge in [-0.3, -0.25) is 0 Å². The predicted molar refractivity (Wildman–Crippen MR) is 109 cm³/mol. The summed E-state index contributed by atoms with van der Waals surface area (Å²) >= 11 is 0. The molecule has 5 heteroatoms. The molecule has 0 amide bonds. The summed E-state index contributed by atoms with van der Waals surface area (Å²) in [4.78, 5) is 0. The molecule has 1 N–H and O–H groups in total. The number of hydrazone groups is 1. The van der Waals surface area contributed by atoms with Crippen LogP contribution in [0.4, 0.5) is 17.3 Å². The number of hydrogen-bond acceptors (Lipinski definition) is 5. The Labute approximate surface area is 157 Å². The zero-order valence-corrected chi connectivity index (χ0v) is 14.6. The molecule has 0 radical (unpaired) electrons. The van der Waals surface area contributed by atoms with Crippen LogP contribution in [0.2, 0.25) is 0 Å². The minimum absolute atomic E-state index is 0.699. The molecule has 1 aliphatic rings. The fourth-order valence-corrected chi connectivity index (χ4v) is 3.32. The van der Waals surface area contributed by atoms with E-state index in [2.05, 4.69) is 44.9 Å². The van der Waals surface area contributed by atoms with E-state index in [9.17, 15) is 0 Å². The first-order valence-corrected chi connectivity index (χ1v) is 8.86. The van der Waals surface area contributed by atoms with E-state index in [1.165, 1.54) is 5.56 Å². The van der Waals surface area contributed by atoms with Gasteiger partial charge in [0.1, 0.15) is 0 Å². The van der Waals surface area contributed by atoms with Crippen LogP contribution in [0.25, 0.3) is 10.8 Å². The second kappa shape index (κ2) is 6.53. The Morgan fingerprint density at radius 2 is 1.56 bits per heavy atom. The van der Waals surface area contributed by atoms with Crippen LogP contribution in [0.1, 0.15) is 11.1 Å². The molecule has 0 fully saturated rings. The Morgan fingerprint density at radius 1 is 0.778 bits per heavy atom. The van der Waals surface area contributed by atoms with Gasteiger partial charge in [-0.15, -0.1) is 10.2 Å². The highest BCUT2D eigenvalue weighted by atomic mass is 15.5. The van der Waals surface area contributed by atoms with Crippen molar-refractivity contribution in [2.24, 2.45) is 5.10 Å². The number of benzene rings is 3. The standard InChI is InChI=1S/C22H17N5/c1-3-8-16(9-4-1)14-23-21-19-13-7-10-17-15-24-27(18-11-5-2-6-12-18)22(20(17)19)26-25-21/h1-13,15H,14H2,(H,23,25). The largest absolute Gasteiger partial charge is 0.364 e. The number of nitrogens with zero attached hydrogens (tertiary/aromatic N) is 4. The molecule has 27 heavy (non-hydrogen) atoms. The Hall–Kier alpha value is -3.73. The van der Waals surface area contributed by atoms with Crippen LogP contribution in [0.15, 0.2) is 84.0 Å². The van der Waals surface area contributed by atoms with Crippen molar-refractivity contribution < 1.29 is 0 Å². The fourth-order valence-electron chi connectivity index (χ4n) is 3.32. The number of para-hydroxylation sites is 1. The van der Waals surface area contributed by atoms with Crippen molar-refractivity contribution in [1.82, 2.24) is 10.2 Å². The van der Waals surface area contributed by atoms with Gasteiger partial charge in [0, 0.05) is 22.9 Å². The van der Waals surface area contributed by atoms with Crippen molar-refractivity contribution in [3.8, 4) is 0 Å². The van der Waals surface area contributed by atoms with Gasteiger partial charge >= 0.3 is 0 Å². The van der Waals surface area contributed by atoms with Gasteiger partial charge in [0.15, 0.2) is 11.6 Å². The fraction of sp³-hybridized carbons (Fsp3) is 0.0455. The average molecular weight is 351 g/mol. The topological polar surface area (TPSA) is 53.4 Å². The molecule has 4 aromatic rings. The minimum Gasteiger partial charge on any atom is -0.364 e. The van der Waals surface area contributed by atoms with Crippen molar-refractivity contribution in [3.63, 3.8) is 0 Å². The lowest BCUT2D eigenvalue weighted by Crippen LogP contribution is -2.17. The molecule has 0 bridgehead atoms. The van der Waals surface area contributed by atoms with Crippen LogP contribution in [0.5, 0.6) is 0 Å². The Bertz CT molecular complexity index is 1120. The number of anilines is 3. The number of nitrogens with one attached hydrogen (secondary N) is 1. The lowest BCUT2D eigenvalue weighted by Gasteiger charge is -2.24. The third kappa shape index (κ3) is 2.79. The van der Waals surface area contributed by atoms with Gasteiger partial charge < -0.3 is 5.32 Å². The van der Waals surface area contributed by atoms with Crippen molar-refractivity contribution in [2.75, 3.05) is 10.3 Å². The van der Waals surface area contributed by atoms with Gasteiger partial charge in [-0.2, -0.15) is 5.10 Å². The molecule has 0 atom stereocenters. The van der Waals surface area contributed by atoms with E-state index in [4.69, 9.17) is 0 Å². The summed E-state index contributed by atoms with van der Waals surface area (Å²) in [5, 5.41) is 20.9. The van der Waals surface area contributed by atoms with Crippen LogP contribution >= 0.6 is 0 Å². The van der Waals surface area contributed by atoms with Gasteiger partial charge in [-0.1, -0.05) is 66.7 Å². The summed E-state index contributed by atoms with van der Waals surface area (Å²) in [6.45, 7) is 0.699. The molecule has 0 unspecified atom stereocenters. The molecule has 0 saturated carbocycles. The lowest BCUT2D eigenvalue weighted by atomic mass is 10.1. The Balaban J connectivity index is 1.58. The number of rotatable bonds is 4. The van der Waals surface area contributed by atoms with Crippen molar-refractivity contribution in [2.45, 2.75) is 6.54 Å². The van der Waals surface area contributed by atoms with E-state index in [-0.39, 0.29) is 0 Å². The molecule has 1 aromatic heterocycles. The average Bonchev–Trinajstić information content (AvgIpc) is 2.75. The maximum absolute atomic E-state index is 4.57. The Kier molecular flexibility index (Phi) is 3.76. The lowest BCUT2D eigenvalue weighted by molar-refractivity contribution is 0.957. The summed E-state index contributed by atoms with van der Waals surface area (Å²) in [7, 11) is 0. The number of aromatic nitrogens is 2. The summed E-state index contributed by atoms with van der Waals surface area (Å²) < 4.78 is 0. The summed E-state index contributed by atoms with van der Waals surface area (Å²) in [5.41, 5.74) is 3.21. The van der Waals surface area contributed by atoms with Crippen LogP contribution in [-0.2, 0) is 6.54 Å². The van der Waals surface area contributed by atoms with Gasteiger partial charge in [-0.05, 0) is 17.7 Å². The zero-order valence-electron chi connectivity index (χ0n) is 14.6. The molecule has 5 nitrogen and oxygen atoms in total. The molecular formula is C22H17N5. The number of hydrogen-bond donors (Lipinski definition) is 1. The summed E-state index contributed by atoms with van der Waals surface area (Å²) in [6.07, 6.45) is 1.88. The first-order valence-electron chi connectivity index (χ1n) is 8.86. The van der Waals surface area contributed by atoms with Crippen LogP contribution in [0, 0.1) is 0 Å². The first kappa shape index (κ1) is 15.5. The van der Waals surface area contributed by atoms with Crippen molar-refractivity contribution in [1.29, 1.82) is 0 Å². The third-order valence-corrected chi connectivity index (χ3v) is 4.64. The zero-order chi connectivity index (χ0) is 18.1. The van der Waals surface area contributed by atoms with E-state index in [0.717, 1.165) is 33.7 Å².